The molecule has 48 heavy (non-hydrogen) atoms. The SMILES string of the molecule is Cc1c[c-]c(-c2cc(C(C)C(C)C)c([Si](C)(C)C)cn2)cc1.[Ir].[c-]1ccc2c(oc3c(-c4ccccc4)cccc32)c1-c1ccccn1. The molecule has 1 radical (unpaired) electrons. The monoisotopic (exact) mass is 823 g/mol. The molecule has 5 heteroatoms. The molecule has 3 nitrogen and oxygen atoms in total. The average molecular weight is 823 g/mol. The standard InChI is InChI=1S/C23H14NO.C20H28NSi.Ir/c1-2-8-16(9-3-1)17-10-6-11-18-19-12-7-13-20(23(19)25-22(17)18)21-14-4-5-15-24-21;1-14(2)16(4)18-12-19(17-10-8-15(3)9-11-17)21-13-20(18)22(5,6)7;/h1-12,14-15H;8-10,12-14,16H,1-7H3;/q2*-1;. The first-order chi connectivity index (χ1) is 22.6. The minimum atomic E-state index is -1.39. The molecule has 0 aliphatic rings. The Balaban J connectivity index is 0.000000186. The number of pyridine rings is 2. The van der Waals surface area contributed by atoms with Crippen LogP contribution in [0.1, 0.15) is 37.8 Å². The Bertz CT molecular complexity index is 2020. The molecule has 0 fully saturated rings. The zero-order valence-electron chi connectivity index (χ0n) is 28.8. The molecule has 0 bridgehead atoms. The summed E-state index contributed by atoms with van der Waals surface area (Å²) in [4.78, 5) is 9.21. The number of hydrogen-bond donors (Lipinski definition) is 0. The summed E-state index contributed by atoms with van der Waals surface area (Å²) in [5, 5.41) is 3.69. The van der Waals surface area contributed by atoms with E-state index in [4.69, 9.17) is 9.40 Å². The van der Waals surface area contributed by atoms with Crippen molar-refractivity contribution in [2.24, 2.45) is 5.92 Å². The molecule has 0 N–H and O–H groups in total. The van der Waals surface area contributed by atoms with Gasteiger partial charge in [-0.1, -0.05) is 131 Å². The van der Waals surface area contributed by atoms with Crippen LogP contribution < -0.4 is 5.19 Å². The molecule has 245 valence electrons. The smallest absolute Gasteiger partial charge is 0.128 e. The van der Waals surface area contributed by atoms with E-state index in [2.05, 4.69) is 125 Å². The molecule has 7 rings (SSSR count). The summed E-state index contributed by atoms with van der Waals surface area (Å²) in [7, 11) is -1.39. The van der Waals surface area contributed by atoms with Gasteiger partial charge in [-0.15, -0.1) is 53.6 Å². The Kier molecular flexibility index (Phi) is 10.9. The van der Waals surface area contributed by atoms with Crippen LogP contribution in [0.15, 0.2) is 120 Å². The Morgan fingerprint density at radius 1 is 0.729 bits per heavy atom. The summed E-state index contributed by atoms with van der Waals surface area (Å²) in [6.07, 6.45) is 3.92. The topological polar surface area (TPSA) is 38.9 Å². The van der Waals surface area contributed by atoms with Gasteiger partial charge >= 0.3 is 0 Å². The first-order valence-corrected chi connectivity index (χ1v) is 19.9. The second-order valence-corrected chi connectivity index (χ2v) is 18.7. The van der Waals surface area contributed by atoms with E-state index in [1.54, 1.807) is 6.20 Å². The number of benzene rings is 4. The van der Waals surface area contributed by atoms with E-state index in [1.807, 2.05) is 48.5 Å². The van der Waals surface area contributed by atoms with Gasteiger partial charge in [0.15, 0.2) is 0 Å². The van der Waals surface area contributed by atoms with Gasteiger partial charge in [0.05, 0.1) is 13.7 Å². The summed E-state index contributed by atoms with van der Waals surface area (Å²) < 4.78 is 6.35. The van der Waals surface area contributed by atoms with Crippen LogP contribution in [0.3, 0.4) is 0 Å². The third-order valence-corrected chi connectivity index (χ3v) is 11.0. The second kappa shape index (κ2) is 14.9. The van der Waals surface area contributed by atoms with Gasteiger partial charge in [-0.05, 0) is 40.0 Å². The molecular formula is C43H42IrN2OSi-2. The van der Waals surface area contributed by atoms with Crippen LogP contribution in [0, 0.1) is 25.0 Å². The molecule has 0 spiro atoms. The summed E-state index contributed by atoms with van der Waals surface area (Å²) in [5.74, 6) is 1.18. The number of aromatic nitrogens is 2. The van der Waals surface area contributed by atoms with Gasteiger partial charge in [-0.3, -0.25) is 0 Å². The van der Waals surface area contributed by atoms with Crippen molar-refractivity contribution in [2.75, 3.05) is 0 Å². The third-order valence-electron chi connectivity index (χ3n) is 8.94. The van der Waals surface area contributed by atoms with Crippen LogP contribution in [-0.2, 0) is 20.1 Å². The fourth-order valence-electron chi connectivity index (χ4n) is 5.95. The van der Waals surface area contributed by atoms with Crippen LogP contribution in [0.25, 0.3) is 55.6 Å². The number of nitrogens with zero attached hydrogens (tertiary/aromatic N) is 2. The number of furan rings is 1. The van der Waals surface area contributed by atoms with Crippen molar-refractivity contribution in [3.63, 3.8) is 0 Å². The molecule has 1 atom stereocenters. The summed E-state index contributed by atoms with van der Waals surface area (Å²) in [6, 6.07) is 41.7. The molecule has 7 aromatic rings. The molecule has 0 amide bonds. The first-order valence-electron chi connectivity index (χ1n) is 16.4. The molecule has 0 saturated heterocycles. The zero-order valence-corrected chi connectivity index (χ0v) is 32.2. The molecular weight excluding hydrogens is 781 g/mol. The summed E-state index contributed by atoms with van der Waals surface area (Å²) >= 11 is 0. The number of hydrogen-bond acceptors (Lipinski definition) is 3. The van der Waals surface area contributed by atoms with Gasteiger partial charge in [0.1, 0.15) is 5.58 Å². The van der Waals surface area contributed by atoms with Crippen LogP contribution in [0.5, 0.6) is 0 Å². The van der Waals surface area contributed by atoms with E-state index < -0.39 is 8.07 Å². The Morgan fingerprint density at radius 3 is 2.15 bits per heavy atom. The van der Waals surface area contributed by atoms with E-state index in [0.29, 0.717) is 11.8 Å². The number of para-hydroxylation sites is 1. The summed E-state index contributed by atoms with van der Waals surface area (Å²) in [6.45, 7) is 16.2. The van der Waals surface area contributed by atoms with Crippen molar-refractivity contribution in [2.45, 2.75) is 53.3 Å². The van der Waals surface area contributed by atoms with E-state index in [0.717, 1.165) is 55.6 Å². The van der Waals surface area contributed by atoms with Gasteiger partial charge < -0.3 is 14.4 Å². The van der Waals surface area contributed by atoms with Gasteiger partial charge in [-0.25, -0.2) is 0 Å². The minimum absolute atomic E-state index is 0. The van der Waals surface area contributed by atoms with Crippen molar-refractivity contribution in [3.8, 4) is 33.6 Å². The van der Waals surface area contributed by atoms with Crippen molar-refractivity contribution >= 4 is 35.2 Å². The summed E-state index contributed by atoms with van der Waals surface area (Å²) in [5.41, 5.74) is 10.6. The van der Waals surface area contributed by atoms with Crippen molar-refractivity contribution in [1.82, 2.24) is 9.97 Å². The van der Waals surface area contributed by atoms with E-state index >= 15 is 0 Å². The molecule has 4 aromatic carbocycles. The third kappa shape index (κ3) is 7.44. The minimum Gasteiger partial charge on any atom is -0.500 e. The Hall–Kier alpha value is -4.15. The molecule has 3 heterocycles. The largest absolute Gasteiger partial charge is 0.500 e. The van der Waals surface area contributed by atoms with E-state index in [-0.39, 0.29) is 20.1 Å². The normalized spacial score (nSPS) is 12.0. The van der Waals surface area contributed by atoms with Crippen molar-refractivity contribution in [3.05, 3.63) is 139 Å². The van der Waals surface area contributed by atoms with Crippen molar-refractivity contribution < 1.29 is 24.5 Å². The average Bonchev–Trinajstić information content (AvgIpc) is 3.48. The molecule has 0 aliphatic heterocycles. The van der Waals surface area contributed by atoms with E-state index in [9.17, 15) is 0 Å². The number of aryl methyl sites for hydroxylation is 1. The van der Waals surface area contributed by atoms with Gasteiger partial charge in [0.2, 0.25) is 0 Å². The van der Waals surface area contributed by atoms with Gasteiger partial charge in [0, 0.05) is 43.4 Å². The Morgan fingerprint density at radius 2 is 1.48 bits per heavy atom. The van der Waals surface area contributed by atoms with Crippen LogP contribution >= 0.6 is 0 Å². The predicted molar refractivity (Wildman–Crippen MR) is 201 cm³/mol. The van der Waals surface area contributed by atoms with Crippen LogP contribution in [0.4, 0.5) is 0 Å². The van der Waals surface area contributed by atoms with E-state index in [1.165, 1.54) is 16.3 Å². The molecule has 1 unspecified atom stereocenters. The maximum atomic E-state index is 6.35. The van der Waals surface area contributed by atoms with Gasteiger partial charge in [0.25, 0.3) is 0 Å². The fourth-order valence-corrected chi connectivity index (χ4v) is 7.57. The molecule has 0 aliphatic carbocycles. The van der Waals surface area contributed by atoms with Crippen LogP contribution in [0.2, 0.25) is 19.6 Å². The molecule has 3 aromatic heterocycles. The van der Waals surface area contributed by atoms with Gasteiger partial charge in [-0.2, -0.15) is 0 Å². The maximum Gasteiger partial charge on any atom is 0.128 e. The maximum absolute atomic E-state index is 6.35. The number of rotatable bonds is 6. The second-order valence-electron chi connectivity index (χ2n) is 13.7. The predicted octanol–water partition coefficient (Wildman–Crippen LogP) is 11.3. The van der Waals surface area contributed by atoms with Crippen molar-refractivity contribution in [1.29, 1.82) is 0 Å². The van der Waals surface area contributed by atoms with Crippen LogP contribution in [-0.4, -0.2) is 18.0 Å². The molecule has 0 saturated carbocycles. The number of fused-ring (bicyclic) bond motifs is 3. The fraction of sp³-hybridized carbons (Fsp3) is 0.209. The quantitative estimate of drug-likeness (QED) is 0.124. The Labute approximate surface area is 299 Å². The zero-order chi connectivity index (χ0) is 33.1. The first kappa shape index (κ1) is 35.2.